The smallest absolute Gasteiger partial charge is 0.136 e. The molecule has 0 heterocycles. The first kappa shape index (κ1) is 53.8. The maximum absolute atomic E-state index is 10.8. The van der Waals surface area contributed by atoms with Gasteiger partial charge >= 0.3 is 0 Å². The lowest BCUT2D eigenvalue weighted by atomic mass is 9.92. The summed E-state index contributed by atoms with van der Waals surface area (Å²) in [6.07, 6.45) is -3.59. The molecule has 0 bridgehead atoms. The van der Waals surface area contributed by atoms with Gasteiger partial charge in [-0.15, -0.1) is 0 Å². The molecule has 12 N–H and O–H groups in total. The van der Waals surface area contributed by atoms with E-state index in [2.05, 4.69) is 0 Å². The molecule has 0 aromatic heterocycles. The van der Waals surface area contributed by atoms with Crippen LogP contribution in [-0.4, -0.2) is 260 Å². The summed E-state index contributed by atoms with van der Waals surface area (Å²) in [6, 6.07) is 0. The molecular weight excluding hydrogens is 781 g/mol. The van der Waals surface area contributed by atoms with Gasteiger partial charge in [0.1, 0.15) is 93.5 Å². The highest BCUT2D eigenvalue weighted by molar-refractivity contribution is 7.97. The van der Waals surface area contributed by atoms with Gasteiger partial charge in [0.05, 0.1) is 111 Å². The Hall–Kier alpha value is 0.760. The summed E-state index contributed by atoms with van der Waals surface area (Å²) >= 11 is 0. The topological polar surface area (TPSA) is 280 Å². The lowest BCUT2D eigenvalue weighted by Crippen LogP contribution is -2.45. The van der Waals surface area contributed by atoms with Crippen molar-refractivity contribution in [2.45, 2.75) is 24.4 Å². The average Bonchev–Trinajstić information content (AvgIpc) is 3.09. The second-order valence-corrected chi connectivity index (χ2v) is 22.2. The molecule has 0 aliphatic heterocycles. The number of aliphatic hydroxyl groups excluding tert-OH is 12. The molecule has 0 amide bonds. The van der Waals surface area contributed by atoms with Gasteiger partial charge in [0.2, 0.25) is 0 Å². The van der Waals surface area contributed by atoms with E-state index in [1.54, 1.807) is 0 Å². The van der Waals surface area contributed by atoms with E-state index in [-0.39, 0.29) is 106 Å². The minimum atomic E-state index is -1.07. The minimum absolute atomic E-state index is 0.0572. The first-order valence-corrected chi connectivity index (χ1v) is 24.9. The standard InChI is InChI=1S/C33H72O16S4/c34-1-9-50(10-2-35)21-29(42)17-46-25-33(26-47-18-30(43)22-51(11-3-36)12-4-37,27-48-19-31(44)23-52(13-5-38)14-6-39)28-49-20-32(45)24-53(15-7-40)16-8-41/h29-32,34-45H,1-28H2/q+4. The molecule has 20 heteroatoms. The molecule has 0 aliphatic carbocycles. The van der Waals surface area contributed by atoms with Crippen LogP contribution >= 0.6 is 0 Å². The van der Waals surface area contributed by atoms with Crippen molar-refractivity contribution in [2.24, 2.45) is 5.41 Å². The Morgan fingerprint density at radius 2 is 0.491 bits per heavy atom. The van der Waals surface area contributed by atoms with Gasteiger partial charge in [-0.3, -0.25) is 0 Å². The van der Waals surface area contributed by atoms with Crippen LogP contribution in [0.5, 0.6) is 0 Å². The zero-order valence-electron chi connectivity index (χ0n) is 31.2. The molecule has 0 fully saturated rings. The van der Waals surface area contributed by atoms with E-state index in [4.69, 9.17) is 18.9 Å². The van der Waals surface area contributed by atoms with Crippen molar-refractivity contribution in [2.75, 3.05) is 175 Å². The second kappa shape index (κ2) is 35.9. The lowest BCUT2D eigenvalue weighted by Gasteiger charge is -2.34. The predicted molar refractivity (Wildman–Crippen MR) is 214 cm³/mol. The van der Waals surface area contributed by atoms with E-state index in [9.17, 15) is 61.3 Å². The van der Waals surface area contributed by atoms with Crippen molar-refractivity contribution in [1.82, 2.24) is 0 Å². The molecule has 0 spiro atoms. The fraction of sp³-hybridized carbons (Fsp3) is 1.00. The van der Waals surface area contributed by atoms with Crippen LogP contribution in [-0.2, 0) is 62.5 Å². The molecule has 53 heavy (non-hydrogen) atoms. The normalized spacial score (nSPS) is 15.8. The Morgan fingerprint density at radius 3 is 0.642 bits per heavy atom. The van der Waals surface area contributed by atoms with E-state index in [0.29, 0.717) is 69.0 Å². The highest BCUT2D eigenvalue weighted by atomic mass is 32.2. The summed E-state index contributed by atoms with van der Waals surface area (Å²) in [4.78, 5) is 0. The van der Waals surface area contributed by atoms with Crippen LogP contribution in [0.25, 0.3) is 0 Å². The highest BCUT2D eigenvalue weighted by Crippen LogP contribution is 2.22. The molecule has 16 nitrogen and oxygen atoms in total. The average molecular weight is 853 g/mol. The van der Waals surface area contributed by atoms with Crippen molar-refractivity contribution >= 4 is 43.6 Å². The quantitative estimate of drug-likeness (QED) is 0.0256. The van der Waals surface area contributed by atoms with Crippen LogP contribution in [0, 0.1) is 5.41 Å². The molecule has 320 valence electrons. The van der Waals surface area contributed by atoms with E-state index in [1.165, 1.54) is 0 Å². The Kier molecular flexibility index (Phi) is 36.4. The van der Waals surface area contributed by atoms with Crippen LogP contribution in [0.2, 0.25) is 0 Å². The number of rotatable bonds is 40. The van der Waals surface area contributed by atoms with Gasteiger partial charge in [0.15, 0.2) is 0 Å². The van der Waals surface area contributed by atoms with Gasteiger partial charge in [0, 0.05) is 0 Å². The van der Waals surface area contributed by atoms with Crippen molar-refractivity contribution in [3.05, 3.63) is 0 Å². The van der Waals surface area contributed by atoms with Crippen LogP contribution in [0.4, 0.5) is 0 Å². The van der Waals surface area contributed by atoms with Crippen molar-refractivity contribution in [3.63, 3.8) is 0 Å². The van der Waals surface area contributed by atoms with Gasteiger partial charge in [-0.25, -0.2) is 0 Å². The number of aliphatic hydroxyl groups is 12. The molecule has 0 rings (SSSR count). The number of ether oxygens (including phenoxy) is 4. The summed E-state index contributed by atoms with van der Waals surface area (Å²) in [5, 5.41) is 118. The predicted octanol–water partition coefficient (Wildman–Crippen LogP) is -6.11. The van der Waals surface area contributed by atoms with Gasteiger partial charge in [-0.2, -0.15) is 0 Å². The molecule has 4 atom stereocenters. The zero-order chi connectivity index (χ0) is 39.7. The minimum Gasteiger partial charge on any atom is -0.391 e. The van der Waals surface area contributed by atoms with Crippen LogP contribution in [0.15, 0.2) is 0 Å². The Bertz CT molecular complexity index is 652. The monoisotopic (exact) mass is 852 g/mol. The SMILES string of the molecule is OCC[S+](CCO)CC(O)COCC(COCC(O)C[S+](CCO)CCO)(COCC(O)C[S+](CCO)CCO)COCC(O)C[S+](CCO)CCO. The third kappa shape index (κ3) is 28.8. The fourth-order valence-corrected chi connectivity index (χ4v) is 12.1. The summed E-state index contributed by atoms with van der Waals surface area (Å²) < 4.78 is 24.1. The number of hydrogen-bond donors (Lipinski definition) is 12. The molecule has 0 radical (unpaired) electrons. The summed E-state index contributed by atoms with van der Waals surface area (Å²) in [7, 11) is -1.66. The summed E-state index contributed by atoms with van der Waals surface area (Å²) in [5.74, 6) is 4.82. The van der Waals surface area contributed by atoms with E-state index >= 15 is 0 Å². The molecule has 0 aromatic carbocycles. The number of hydrogen-bond acceptors (Lipinski definition) is 16. The third-order valence-electron chi connectivity index (χ3n) is 7.63. The largest absolute Gasteiger partial charge is 0.391 e. The second-order valence-electron chi connectivity index (χ2n) is 12.7. The first-order valence-electron chi connectivity index (χ1n) is 18.0. The van der Waals surface area contributed by atoms with Crippen LogP contribution in [0.3, 0.4) is 0 Å². The maximum atomic E-state index is 10.8. The molecule has 0 saturated heterocycles. The van der Waals surface area contributed by atoms with Crippen molar-refractivity contribution in [3.8, 4) is 0 Å². The highest BCUT2D eigenvalue weighted by Gasteiger charge is 2.36. The zero-order valence-corrected chi connectivity index (χ0v) is 34.5. The Balaban J connectivity index is 5.99. The molecule has 4 unspecified atom stereocenters. The summed E-state index contributed by atoms with van der Waals surface area (Å²) in [6.45, 7) is -1.14. The van der Waals surface area contributed by atoms with E-state index in [0.717, 1.165) is 0 Å². The maximum Gasteiger partial charge on any atom is 0.136 e. The lowest BCUT2D eigenvalue weighted by molar-refractivity contribution is -0.128. The molecule has 0 aliphatic rings. The van der Waals surface area contributed by atoms with Crippen molar-refractivity contribution < 1.29 is 80.2 Å². The molecule has 0 aromatic rings. The van der Waals surface area contributed by atoms with Gasteiger partial charge in [0.25, 0.3) is 0 Å². The van der Waals surface area contributed by atoms with E-state index in [1.807, 2.05) is 0 Å². The van der Waals surface area contributed by atoms with Crippen molar-refractivity contribution in [1.29, 1.82) is 0 Å². The van der Waals surface area contributed by atoms with Gasteiger partial charge < -0.3 is 80.2 Å². The molecular formula is C33H72O16S4+4. The summed E-state index contributed by atoms with van der Waals surface area (Å²) in [5.41, 5.74) is -1.07. The van der Waals surface area contributed by atoms with Gasteiger partial charge in [-0.05, 0) is 43.6 Å². The third-order valence-corrected chi connectivity index (χ3v) is 17.1. The van der Waals surface area contributed by atoms with E-state index < -0.39 is 73.4 Å². The molecule has 0 saturated carbocycles. The fourth-order valence-electron chi connectivity index (χ4n) is 5.28. The Labute approximate surface area is 327 Å². The van der Waals surface area contributed by atoms with Crippen LogP contribution in [0.1, 0.15) is 0 Å². The Morgan fingerprint density at radius 1 is 0.321 bits per heavy atom. The first-order chi connectivity index (χ1) is 25.5. The van der Waals surface area contributed by atoms with Gasteiger partial charge in [-0.1, -0.05) is 0 Å². The van der Waals surface area contributed by atoms with Crippen LogP contribution < -0.4 is 0 Å².